The number of nitrogens with zero attached hydrogens (tertiary/aromatic N) is 4. The zero-order chi connectivity index (χ0) is 17.9. The van der Waals surface area contributed by atoms with E-state index in [0.717, 1.165) is 16.5 Å². The predicted octanol–water partition coefficient (Wildman–Crippen LogP) is 3.89. The summed E-state index contributed by atoms with van der Waals surface area (Å²) < 4.78 is 1.70. The average molecular weight is 363 g/mol. The van der Waals surface area contributed by atoms with Crippen LogP contribution in [-0.4, -0.2) is 31.0 Å². The van der Waals surface area contributed by atoms with Crippen molar-refractivity contribution >= 4 is 28.4 Å². The molecule has 6 nitrogen and oxygen atoms in total. The van der Waals surface area contributed by atoms with Gasteiger partial charge in [0.15, 0.2) is 5.78 Å². The second-order valence-electron chi connectivity index (χ2n) is 5.80. The van der Waals surface area contributed by atoms with Crippen LogP contribution in [0.25, 0.3) is 10.9 Å². The van der Waals surface area contributed by atoms with E-state index in [9.17, 15) is 4.79 Å². The lowest BCUT2D eigenvalue weighted by molar-refractivity contribution is 0.0991. The quantitative estimate of drug-likeness (QED) is 0.415. The second-order valence-corrected chi connectivity index (χ2v) is 6.87. The molecule has 0 fully saturated rings. The number of nitrogens with one attached hydrogen (secondary N) is 1. The number of carbonyl (C=O) groups is 1. The van der Waals surface area contributed by atoms with Crippen molar-refractivity contribution in [3.05, 3.63) is 71.9 Å². The first-order valence-corrected chi connectivity index (χ1v) is 9.24. The van der Waals surface area contributed by atoms with Crippen LogP contribution < -0.4 is 0 Å². The molecule has 2 heterocycles. The van der Waals surface area contributed by atoms with E-state index in [-0.39, 0.29) is 5.78 Å². The van der Waals surface area contributed by atoms with Crippen molar-refractivity contribution in [2.24, 2.45) is 0 Å². The van der Waals surface area contributed by atoms with Crippen LogP contribution in [0.5, 0.6) is 0 Å². The maximum atomic E-state index is 13.4. The molecule has 7 heteroatoms. The number of fused-ring (bicyclic) bond motifs is 1. The highest BCUT2D eigenvalue weighted by Gasteiger charge is 2.27. The van der Waals surface area contributed by atoms with Gasteiger partial charge in [-0.2, -0.15) is 0 Å². The summed E-state index contributed by atoms with van der Waals surface area (Å²) in [6.45, 7) is 2.62. The Labute approximate surface area is 154 Å². The molecule has 4 rings (SSSR count). The Morgan fingerprint density at radius 3 is 2.73 bits per heavy atom. The number of tetrazole rings is 1. The van der Waals surface area contributed by atoms with Gasteiger partial charge in [-0.05, 0) is 29.0 Å². The first-order chi connectivity index (χ1) is 12.8. The zero-order valence-electron chi connectivity index (χ0n) is 14.2. The lowest BCUT2D eigenvalue weighted by Gasteiger charge is -2.15. The van der Waals surface area contributed by atoms with E-state index in [0.29, 0.717) is 17.3 Å². The smallest absolute Gasteiger partial charge is 0.210 e. The molecule has 26 heavy (non-hydrogen) atoms. The van der Waals surface area contributed by atoms with E-state index in [4.69, 9.17) is 0 Å². The van der Waals surface area contributed by atoms with Gasteiger partial charge in [0, 0.05) is 29.2 Å². The van der Waals surface area contributed by atoms with E-state index in [2.05, 4.69) is 20.5 Å². The number of hydrogen-bond donors (Lipinski definition) is 1. The molecule has 2 aromatic carbocycles. The van der Waals surface area contributed by atoms with Crippen LogP contribution in [0.4, 0.5) is 0 Å². The van der Waals surface area contributed by atoms with Gasteiger partial charge in [-0.25, -0.2) is 4.68 Å². The van der Waals surface area contributed by atoms with Gasteiger partial charge < -0.3 is 4.98 Å². The molecular formula is C19H17N5OS. The summed E-state index contributed by atoms with van der Waals surface area (Å²) in [5, 5.41) is 12.9. The summed E-state index contributed by atoms with van der Waals surface area (Å²) in [5.74, 6) is 0.0318. The summed E-state index contributed by atoms with van der Waals surface area (Å²) in [6, 6.07) is 17.6. The molecule has 0 saturated carbocycles. The zero-order valence-corrected chi connectivity index (χ0v) is 15.0. The van der Waals surface area contributed by atoms with Crippen molar-refractivity contribution < 1.29 is 4.79 Å². The molecule has 0 radical (unpaired) electrons. The summed E-state index contributed by atoms with van der Waals surface area (Å²) >= 11 is 1.38. The molecule has 4 aromatic rings. The van der Waals surface area contributed by atoms with Crippen LogP contribution in [-0.2, 0) is 6.54 Å². The first kappa shape index (κ1) is 16.5. The predicted molar refractivity (Wildman–Crippen MR) is 101 cm³/mol. The normalized spacial score (nSPS) is 12.3. The van der Waals surface area contributed by atoms with Crippen molar-refractivity contribution in [2.45, 2.75) is 23.9 Å². The van der Waals surface area contributed by atoms with Crippen molar-refractivity contribution in [1.82, 2.24) is 25.2 Å². The molecule has 130 valence electrons. The first-order valence-electron chi connectivity index (χ1n) is 8.36. The number of aromatic nitrogens is 5. The van der Waals surface area contributed by atoms with Gasteiger partial charge in [-0.3, -0.25) is 4.79 Å². The number of thioether (sulfide) groups is 1. The fourth-order valence-electron chi connectivity index (χ4n) is 2.90. The van der Waals surface area contributed by atoms with E-state index in [1.807, 2.05) is 61.5 Å². The third-order valence-electron chi connectivity index (χ3n) is 4.22. The highest BCUT2D eigenvalue weighted by atomic mass is 32.2. The molecule has 2 aromatic heterocycles. The van der Waals surface area contributed by atoms with Crippen LogP contribution in [0.1, 0.15) is 28.1 Å². The van der Waals surface area contributed by atoms with Gasteiger partial charge in [0.2, 0.25) is 5.16 Å². The Morgan fingerprint density at radius 2 is 1.92 bits per heavy atom. The minimum absolute atomic E-state index is 0.0318. The molecule has 0 aliphatic heterocycles. The van der Waals surface area contributed by atoms with Crippen molar-refractivity contribution in [1.29, 1.82) is 0 Å². The minimum Gasteiger partial charge on any atom is -0.360 e. The Hall–Kier alpha value is -2.93. The maximum Gasteiger partial charge on any atom is 0.210 e. The van der Waals surface area contributed by atoms with Crippen molar-refractivity contribution in [3.63, 3.8) is 0 Å². The Bertz CT molecular complexity index is 1040. The van der Waals surface area contributed by atoms with Crippen molar-refractivity contribution in [2.75, 3.05) is 0 Å². The number of H-pyrrole nitrogens is 1. The van der Waals surface area contributed by atoms with Gasteiger partial charge in [0.25, 0.3) is 0 Å². The number of aromatic amines is 1. The van der Waals surface area contributed by atoms with Crippen LogP contribution in [0.2, 0.25) is 0 Å². The minimum atomic E-state index is -0.424. The number of rotatable bonds is 6. The Kier molecular flexibility index (Phi) is 4.53. The number of benzene rings is 2. The molecule has 0 aliphatic carbocycles. The second kappa shape index (κ2) is 7.13. The maximum absolute atomic E-state index is 13.4. The third-order valence-corrected chi connectivity index (χ3v) is 5.44. The summed E-state index contributed by atoms with van der Waals surface area (Å²) in [5.41, 5.74) is 2.56. The summed E-state index contributed by atoms with van der Waals surface area (Å²) in [4.78, 5) is 16.6. The fraction of sp³-hybridized carbons (Fsp3) is 0.158. The van der Waals surface area contributed by atoms with E-state index < -0.39 is 5.25 Å². The summed E-state index contributed by atoms with van der Waals surface area (Å²) in [7, 11) is 0. The molecule has 1 N–H and O–H groups in total. The molecule has 0 spiro atoms. The largest absolute Gasteiger partial charge is 0.360 e. The van der Waals surface area contributed by atoms with Crippen LogP contribution in [0.15, 0.2) is 66.0 Å². The number of carbonyl (C=O) groups excluding carboxylic acids is 1. The van der Waals surface area contributed by atoms with E-state index in [1.165, 1.54) is 11.8 Å². The van der Waals surface area contributed by atoms with E-state index in [1.54, 1.807) is 10.9 Å². The van der Waals surface area contributed by atoms with E-state index >= 15 is 0 Å². The number of Topliss-reactive ketones (excluding diaryl/α,β-unsaturated/α-hetero) is 1. The average Bonchev–Trinajstić information content (AvgIpc) is 3.32. The van der Waals surface area contributed by atoms with Gasteiger partial charge >= 0.3 is 0 Å². The fourth-order valence-corrected chi connectivity index (χ4v) is 4.01. The highest BCUT2D eigenvalue weighted by molar-refractivity contribution is 8.00. The SMILES string of the molecule is CCn1nnnc1S[C@@H](C(=O)c1c[nH]c2ccccc12)c1ccccc1. The van der Waals surface area contributed by atoms with Crippen LogP contribution >= 0.6 is 11.8 Å². The van der Waals surface area contributed by atoms with Crippen molar-refractivity contribution in [3.8, 4) is 0 Å². The Balaban J connectivity index is 1.76. The van der Waals surface area contributed by atoms with Crippen LogP contribution in [0, 0.1) is 0 Å². The standard InChI is InChI=1S/C19H17N5OS/c1-2-24-19(21-22-23-24)26-18(13-8-4-3-5-9-13)17(25)15-12-20-16-11-7-6-10-14(15)16/h3-12,18,20H,2H2,1H3/t18-/m1/s1. The Morgan fingerprint density at radius 1 is 1.15 bits per heavy atom. The van der Waals surface area contributed by atoms with Crippen LogP contribution in [0.3, 0.4) is 0 Å². The molecule has 0 saturated heterocycles. The number of para-hydroxylation sites is 1. The molecular weight excluding hydrogens is 346 g/mol. The lowest BCUT2D eigenvalue weighted by atomic mass is 10.0. The van der Waals surface area contributed by atoms with Gasteiger partial charge in [0.1, 0.15) is 5.25 Å². The molecule has 0 amide bonds. The topological polar surface area (TPSA) is 76.5 Å². The molecule has 0 unspecified atom stereocenters. The highest BCUT2D eigenvalue weighted by Crippen LogP contribution is 2.37. The lowest BCUT2D eigenvalue weighted by Crippen LogP contribution is -2.11. The number of ketones is 1. The molecule has 0 bridgehead atoms. The van der Waals surface area contributed by atoms with Gasteiger partial charge in [-0.1, -0.05) is 60.3 Å². The molecule has 1 atom stereocenters. The third kappa shape index (κ3) is 3.01. The number of aryl methyl sites for hydroxylation is 1. The summed E-state index contributed by atoms with van der Waals surface area (Å²) in [6.07, 6.45) is 1.78. The van der Waals surface area contributed by atoms with Gasteiger partial charge in [0.05, 0.1) is 0 Å². The monoisotopic (exact) mass is 363 g/mol. The number of hydrogen-bond acceptors (Lipinski definition) is 5. The molecule has 0 aliphatic rings. The van der Waals surface area contributed by atoms with Gasteiger partial charge in [-0.15, -0.1) is 5.10 Å².